The van der Waals surface area contributed by atoms with Crippen molar-refractivity contribution in [2.45, 2.75) is 25.4 Å². The van der Waals surface area contributed by atoms with E-state index >= 15 is 0 Å². The molecule has 1 unspecified atom stereocenters. The number of nitrogens with zero attached hydrogens (tertiary/aromatic N) is 3. The summed E-state index contributed by atoms with van der Waals surface area (Å²) in [5, 5.41) is 0. The maximum atomic E-state index is 13.6. The molecular weight excluding hydrogens is 349 g/mol. The fraction of sp³-hybridized carbons (Fsp3) is 0.450. The molecule has 27 heavy (non-hydrogen) atoms. The lowest BCUT2D eigenvalue weighted by atomic mass is 9.79. The molecular formula is C20H22FN3O3. The Labute approximate surface area is 157 Å². The molecule has 1 atom stereocenters. The molecule has 4 rings (SSSR count). The van der Waals surface area contributed by atoms with Crippen molar-refractivity contribution in [2.24, 2.45) is 5.92 Å². The lowest BCUT2D eigenvalue weighted by Crippen LogP contribution is -2.66. The van der Waals surface area contributed by atoms with E-state index < -0.39 is 5.82 Å². The summed E-state index contributed by atoms with van der Waals surface area (Å²) in [7, 11) is 0. The lowest BCUT2D eigenvalue weighted by Gasteiger charge is -2.50. The standard InChI is InChI=1S/C20H22FN3O3/c1-14-4-5-15(11-23-14)19(25)24-12-20(13-24)16(7-10-27-20)6-9-26-18-17(21)3-2-8-22-18/h2-5,8,11,16H,6-7,9-10,12-13H2,1H3. The van der Waals surface area contributed by atoms with Gasteiger partial charge in [0, 0.05) is 24.7 Å². The highest BCUT2D eigenvalue weighted by Crippen LogP contribution is 2.42. The first-order valence-electron chi connectivity index (χ1n) is 9.17. The predicted octanol–water partition coefficient (Wildman–Crippen LogP) is 2.62. The topological polar surface area (TPSA) is 64.6 Å². The minimum Gasteiger partial charge on any atom is -0.476 e. The van der Waals surface area contributed by atoms with Gasteiger partial charge in [0.05, 0.1) is 25.3 Å². The summed E-state index contributed by atoms with van der Waals surface area (Å²) in [6.07, 6.45) is 4.78. The van der Waals surface area contributed by atoms with Crippen LogP contribution in [0.4, 0.5) is 4.39 Å². The lowest BCUT2D eigenvalue weighted by molar-refractivity contribution is -0.119. The summed E-state index contributed by atoms with van der Waals surface area (Å²) in [4.78, 5) is 22.5. The summed E-state index contributed by atoms with van der Waals surface area (Å²) < 4.78 is 25.1. The van der Waals surface area contributed by atoms with Crippen molar-refractivity contribution in [3.8, 4) is 5.88 Å². The third kappa shape index (κ3) is 3.51. The Morgan fingerprint density at radius 3 is 2.96 bits per heavy atom. The van der Waals surface area contributed by atoms with Gasteiger partial charge in [0.2, 0.25) is 5.88 Å². The molecule has 0 radical (unpaired) electrons. The van der Waals surface area contributed by atoms with Crippen molar-refractivity contribution in [3.05, 3.63) is 53.7 Å². The molecule has 0 saturated carbocycles. The van der Waals surface area contributed by atoms with Gasteiger partial charge in [0.1, 0.15) is 5.60 Å². The Hall–Kier alpha value is -2.54. The average molecular weight is 371 g/mol. The first-order valence-corrected chi connectivity index (χ1v) is 9.17. The minimum absolute atomic E-state index is 0.0193. The maximum Gasteiger partial charge on any atom is 0.255 e. The third-order valence-electron chi connectivity index (χ3n) is 5.39. The number of amides is 1. The molecule has 1 spiro atoms. The molecule has 2 aliphatic heterocycles. The van der Waals surface area contributed by atoms with Crippen LogP contribution >= 0.6 is 0 Å². The molecule has 0 bridgehead atoms. The molecule has 2 aliphatic rings. The van der Waals surface area contributed by atoms with Crippen LogP contribution in [0.2, 0.25) is 0 Å². The van der Waals surface area contributed by atoms with Gasteiger partial charge in [-0.15, -0.1) is 0 Å². The number of rotatable bonds is 5. The zero-order valence-electron chi connectivity index (χ0n) is 15.2. The second-order valence-electron chi connectivity index (χ2n) is 7.18. The quantitative estimate of drug-likeness (QED) is 0.808. The van der Waals surface area contributed by atoms with Crippen LogP contribution in [0.3, 0.4) is 0 Å². The van der Waals surface area contributed by atoms with Crippen molar-refractivity contribution in [2.75, 3.05) is 26.3 Å². The molecule has 0 aliphatic carbocycles. The summed E-state index contributed by atoms with van der Waals surface area (Å²) in [5.41, 5.74) is 1.17. The van der Waals surface area contributed by atoms with Crippen molar-refractivity contribution in [3.63, 3.8) is 0 Å². The number of halogens is 1. The first kappa shape index (κ1) is 17.9. The second kappa shape index (κ2) is 7.23. The summed E-state index contributed by atoms with van der Waals surface area (Å²) in [6.45, 7) is 4.09. The molecule has 2 fully saturated rings. The van der Waals surface area contributed by atoms with Crippen molar-refractivity contribution in [1.29, 1.82) is 0 Å². The number of ether oxygens (including phenoxy) is 2. The molecule has 2 aromatic rings. The number of pyridine rings is 2. The first-order chi connectivity index (χ1) is 13.1. The summed E-state index contributed by atoms with van der Waals surface area (Å²) >= 11 is 0. The van der Waals surface area contributed by atoms with Gasteiger partial charge in [-0.1, -0.05) is 0 Å². The molecule has 6 nitrogen and oxygen atoms in total. The largest absolute Gasteiger partial charge is 0.476 e. The number of carbonyl (C=O) groups is 1. The smallest absolute Gasteiger partial charge is 0.255 e. The summed E-state index contributed by atoms with van der Waals surface area (Å²) in [5.74, 6) is -0.164. The molecule has 0 N–H and O–H groups in total. The van der Waals surface area contributed by atoms with Crippen LogP contribution in [0.25, 0.3) is 0 Å². The fourth-order valence-electron chi connectivity index (χ4n) is 3.84. The van der Waals surface area contributed by atoms with E-state index in [1.165, 1.54) is 18.3 Å². The third-order valence-corrected chi connectivity index (χ3v) is 5.39. The van der Waals surface area contributed by atoms with E-state index in [-0.39, 0.29) is 23.3 Å². The molecule has 1 amide bonds. The van der Waals surface area contributed by atoms with Crippen LogP contribution < -0.4 is 4.74 Å². The van der Waals surface area contributed by atoms with Crippen LogP contribution in [-0.2, 0) is 4.74 Å². The van der Waals surface area contributed by atoms with Gasteiger partial charge in [0.25, 0.3) is 5.91 Å². The molecule has 2 saturated heterocycles. The van der Waals surface area contributed by atoms with Gasteiger partial charge >= 0.3 is 0 Å². The molecule has 142 valence electrons. The monoisotopic (exact) mass is 371 g/mol. The van der Waals surface area contributed by atoms with Crippen LogP contribution in [0, 0.1) is 18.7 Å². The highest BCUT2D eigenvalue weighted by molar-refractivity contribution is 5.94. The highest BCUT2D eigenvalue weighted by atomic mass is 19.1. The fourth-order valence-corrected chi connectivity index (χ4v) is 3.84. The van der Waals surface area contributed by atoms with Crippen LogP contribution in [0.15, 0.2) is 36.7 Å². The second-order valence-corrected chi connectivity index (χ2v) is 7.18. The Balaban J connectivity index is 1.32. The SMILES string of the molecule is Cc1ccc(C(=O)N2CC3(C2)OCCC3CCOc2ncccc2F)cn1. The van der Waals surface area contributed by atoms with E-state index in [0.717, 1.165) is 18.5 Å². The van der Waals surface area contributed by atoms with E-state index in [4.69, 9.17) is 9.47 Å². The Bertz CT molecular complexity index is 821. The van der Waals surface area contributed by atoms with E-state index in [2.05, 4.69) is 9.97 Å². The van der Waals surface area contributed by atoms with Gasteiger partial charge in [0.15, 0.2) is 5.82 Å². The van der Waals surface area contributed by atoms with Crippen molar-refractivity contribution < 1.29 is 18.7 Å². The van der Waals surface area contributed by atoms with Crippen molar-refractivity contribution >= 4 is 5.91 Å². The zero-order valence-corrected chi connectivity index (χ0v) is 15.2. The molecule has 4 heterocycles. The van der Waals surface area contributed by atoms with Gasteiger partial charge < -0.3 is 14.4 Å². The number of hydrogen-bond donors (Lipinski definition) is 0. The summed E-state index contributed by atoms with van der Waals surface area (Å²) in [6, 6.07) is 6.51. The number of hydrogen-bond acceptors (Lipinski definition) is 5. The molecule has 0 aromatic carbocycles. The van der Waals surface area contributed by atoms with Crippen LogP contribution in [0.1, 0.15) is 28.9 Å². The zero-order chi connectivity index (χ0) is 18.9. The predicted molar refractivity (Wildman–Crippen MR) is 96.0 cm³/mol. The van der Waals surface area contributed by atoms with Gasteiger partial charge in [-0.2, -0.15) is 0 Å². The number of aromatic nitrogens is 2. The van der Waals surface area contributed by atoms with Gasteiger partial charge in [-0.25, -0.2) is 9.37 Å². The Kier molecular flexibility index (Phi) is 4.78. The number of carbonyl (C=O) groups excluding carboxylic acids is 1. The van der Waals surface area contributed by atoms with E-state index in [1.807, 2.05) is 13.0 Å². The maximum absolute atomic E-state index is 13.6. The van der Waals surface area contributed by atoms with E-state index in [0.29, 0.717) is 31.9 Å². The van der Waals surface area contributed by atoms with Crippen LogP contribution in [-0.4, -0.2) is 52.7 Å². The van der Waals surface area contributed by atoms with Gasteiger partial charge in [-0.05, 0) is 49.9 Å². The van der Waals surface area contributed by atoms with E-state index in [1.54, 1.807) is 17.2 Å². The van der Waals surface area contributed by atoms with Gasteiger partial charge in [-0.3, -0.25) is 9.78 Å². The Morgan fingerprint density at radius 1 is 1.37 bits per heavy atom. The van der Waals surface area contributed by atoms with Crippen molar-refractivity contribution in [1.82, 2.24) is 14.9 Å². The Morgan fingerprint density at radius 2 is 2.22 bits per heavy atom. The molecule has 2 aromatic heterocycles. The molecule has 7 heteroatoms. The van der Waals surface area contributed by atoms with E-state index in [9.17, 15) is 9.18 Å². The average Bonchev–Trinajstić information content (AvgIpc) is 3.06. The normalized spacial score (nSPS) is 20.5. The number of aryl methyl sites for hydroxylation is 1. The highest BCUT2D eigenvalue weighted by Gasteiger charge is 2.54. The number of likely N-dealkylation sites (tertiary alicyclic amines) is 1. The minimum atomic E-state index is -0.456. The van der Waals surface area contributed by atoms with Crippen LogP contribution in [0.5, 0.6) is 5.88 Å².